The zero-order valence-electron chi connectivity index (χ0n) is 14.9. The lowest BCUT2D eigenvalue weighted by Crippen LogP contribution is -2.35. The number of halogens is 3. The van der Waals surface area contributed by atoms with E-state index in [9.17, 15) is 22.8 Å². The van der Waals surface area contributed by atoms with Crippen LogP contribution in [0, 0.1) is 0 Å². The molecule has 1 aliphatic heterocycles. The van der Waals surface area contributed by atoms with Crippen molar-refractivity contribution in [3.05, 3.63) is 47.9 Å². The Balaban J connectivity index is 1.66. The van der Waals surface area contributed by atoms with E-state index in [2.05, 4.69) is 10.3 Å². The molecule has 3 heterocycles. The predicted octanol–water partition coefficient (Wildman–Crippen LogP) is 3.17. The molecule has 29 heavy (non-hydrogen) atoms. The maximum absolute atomic E-state index is 13.0. The number of nitrogens with one attached hydrogen (secondary N) is 1. The molecule has 2 amide bonds. The van der Waals surface area contributed by atoms with Gasteiger partial charge < -0.3 is 13.9 Å². The van der Waals surface area contributed by atoms with Crippen molar-refractivity contribution in [2.75, 3.05) is 23.5 Å². The summed E-state index contributed by atoms with van der Waals surface area (Å²) >= 11 is 1.41. The van der Waals surface area contributed by atoms with Crippen molar-refractivity contribution in [1.29, 1.82) is 0 Å². The normalized spacial score (nSPS) is 14.7. The number of carbonyl (C=O) groups is 2. The molecule has 7 nitrogen and oxygen atoms in total. The van der Waals surface area contributed by atoms with Crippen LogP contribution in [0.3, 0.4) is 0 Å². The van der Waals surface area contributed by atoms with Crippen molar-refractivity contribution >= 4 is 40.6 Å². The summed E-state index contributed by atoms with van der Waals surface area (Å²) < 4.78 is 46.0. The van der Waals surface area contributed by atoms with Gasteiger partial charge in [0.05, 0.1) is 41.0 Å². The molecule has 1 aromatic carbocycles. The minimum atomic E-state index is -4.50. The van der Waals surface area contributed by atoms with Crippen LogP contribution in [0.1, 0.15) is 11.3 Å². The number of carbonyl (C=O) groups excluding carboxylic acids is 2. The van der Waals surface area contributed by atoms with Gasteiger partial charge in [-0.1, -0.05) is 0 Å². The fourth-order valence-electron chi connectivity index (χ4n) is 3.00. The first-order chi connectivity index (χ1) is 13.8. The van der Waals surface area contributed by atoms with Gasteiger partial charge >= 0.3 is 6.18 Å². The third kappa shape index (κ3) is 4.09. The van der Waals surface area contributed by atoms with E-state index in [1.54, 1.807) is 16.7 Å². The van der Waals surface area contributed by atoms with Gasteiger partial charge in [0, 0.05) is 0 Å². The third-order valence-corrected chi connectivity index (χ3v) is 5.33. The molecule has 1 saturated heterocycles. The second-order valence-electron chi connectivity index (χ2n) is 6.42. The van der Waals surface area contributed by atoms with E-state index in [0.717, 1.165) is 12.1 Å². The minimum absolute atomic E-state index is 0.0834. The molecular weight excluding hydrogens is 409 g/mol. The Morgan fingerprint density at radius 2 is 2.14 bits per heavy atom. The Morgan fingerprint density at radius 3 is 2.79 bits per heavy atom. The summed E-state index contributed by atoms with van der Waals surface area (Å²) in [4.78, 5) is 29.7. The molecule has 1 N–H and O–H groups in total. The summed E-state index contributed by atoms with van der Waals surface area (Å²) in [7, 11) is 0. The molecule has 11 heteroatoms. The number of furan rings is 1. The maximum atomic E-state index is 13.0. The molecule has 4 rings (SSSR count). The monoisotopic (exact) mass is 424 g/mol. The molecule has 1 fully saturated rings. The van der Waals surface area contributed by atoms with Crippen LogP contribution in [0.2, 0.25) is 0 Å². The van der Waals surface area contributed by atoms with Crippen molar-refractivity contribution < 1.29 is 27.2 Å². The molecular formula is C18H15F3N4O3S. The lowest BCUT2D eigenvalue weighted by atomic mass is 10.2. The quantitative estimate of drug-likeness (QED) is 0.681. The van der Waals surface area contributed by atoms with Gasteiger partial charge in [-0.3, -0.25) is 14.9 Å². The van der Waals surface area contributed by atoms with Crippen LogP contribution in [0.5, 0.6) is 0 Å². The molecule has 0 unspecified atom stereocenters. The van der Waals surface area contributed by atoms with Crippen molar-refractivity contribution in [3.63, 3.8) is 0 Å². The Hall–Kier alpha value is -2.95. The minimum Gasteiger partial charge on any atom is -0.467 e. The Morgan fingerprint density at radius 1 is 1.31 bits per heavy atom. The summed E-state index contributed by atoms with van der Waals surface area (Å²) in [5.41, 5.74) is -0.322. The van der Waals surface area contributed by atoms with Crippen molar-refractivity contribution in [2.24, 2.45) is 0 Å². The number of amides is 2. The Kier molecular flexibility index (Phi) is 4.99. The zero-order valence-corrected chi connectivity index (χ0v) is 15.7. The second kappa shape index (κ2) is 7.47. The number of imidazole rings is 1. The number of hydrogen-bond donors (Lipinski definition) is 1. The van der Waals surface area contributed by atoms with Gasteiger partial charge in [-0.15, -0.1) is 11.8 Å². The maximum Gasteiger partial charge on any atom is 0.416 e. The first kappa shape index (κ1) is 19.4. The highest BCUT2D eigenvalue weighted by molar-refractivity contribution is 8.00. The molecule has 0 bridgehead atoms. The molecule has 0 radical (unpaired) electrons. The van der Waals surface area contributed by atoms with E-state index in [4.69, 9.17) is 4.42 Å². The van der Waals surface area contributed by atoms with Crippen LogP contribution in [0.25, 0.3) is 11.0 Å². The van der Waals surface area contributed by atoms with Crippen LogP contribution in [0.15, 0.2) is 41.0 Å². The molecule has 2 aromatic heterocycles. The van der Waals surface area contributed by atoms with Crippen LogP contribution in [0.4, 0.5) is 19.1 Å². The molecule has 152 valence electrons. The highest BCUT2D eigenvalue weighted by Gasteiger charge is 2.31. The van der Waals surface area contributed by atoms with E-state index in [1.807, 2.05) is 0 Å². The van der Waals surface area contributed by atoms with Crippen LogP contribution in [-0.2, 0) is 22.3 Å². The first-order valence-corrected chi connectivity index (χ1v) is 9.72. The number of alkyl halides is 3. The molecule has 0 atom stereocenters. The highest BCUT2D eigenvalue weighted by Crippen LogP contribution is 2.32. The largest absolute Gasteiger partial charge is 0.467 e. The fourth-order valence-corrected chi connectivity index (χ4v) is 3.90. The van der Waals surface area contributed by atoms with Crippen LogP contribution >= 0.6 is 11.8 Å². The topological polar surface area (TPSA) is 80.4 Å². The summed E-state index contributed by atoms with van der Waals surface area (Å²) in [6, 6.07) is 6.61. The van der Waals surface area contributed by atoms with Crippen LogP contribution < -0.4 is 5.32 Å². The molecule has 1 aliphatic rings. The van der Waals surface area contributed by atoms with Crippen LogP contribution in [-0.4, -0.2) is 44.4 Å². The summed E-state index contributed by atoms with van der Waals surface area (Å²) in [5.74, 6) is 0.761. The average Bonchev–Trinajstić information content (AvgIpc) is 3.37. The first-order valence-electron chi connectivity index (χ1n) is 8.56. The van der Waals surface area contributed by atoms with Gasteiger partial charge in [0.2, 0.25) is 17.8 Å². The predicted molar refractivity (Wildman–Crippen MR) is 100 cm³/mol. The summed E-state index contributed by atoms with van der Waals surface area (Å²) in [5, 5.41) is 2.60. The number of fused-ring (bicyclic) bond motifs is 1. The van der Waals surface area contributed by atoms with Gasteiger partial charge in [0.15, 0.2) is 0 Å². The van der Waals surface area contributed by atoms with Crippen molar-refractivity contribution in [2.45, 2.75) is 12.7 Å². The summed E-state index contributed by atoms with van der Waals surface area (Å²) in [6.45, 7) is 0.0204. The number of benzene rings is 1. The van der Waals surface area contributed by atoms with E-state index >= 15 is 0 Å². The fraction of sp³-hybridized carbons (Fsp3) is 0.278. The van der Waals surface area contributed by atoms with Gasteiger partial charge in [0.25, 0.3) is 0 Å². The van der Waals surface area contributed by atoms with Gasteiger partial charge in [0.1, 0.15) is 12.3 Å². The highest BCUT2D eigenvalue weighted by atomic mass is 32.2. The third-order valence-electron chi connectivity index (χ3n) is 4.38. The zero-order chi connectivity index (χ0) is 20.6. The van der Waals surface area contributed by atoms with E-state index in [1.165, 1.54) is 29.0 Å². The van der Waals surface area contributed by atoms with E-state index in [-0.39, 0.29) is 30.5 Å². The number of anilines is 1. The number of nitrogens with zero attached hydrogens (tertiary/aromatic N) is 3. The lowest BCUT2D eigenvalue weighted by molar-refractivity contribution is -0.137. The molecule has 0 spiro atoms. The van der Waals surface area contributed by atoms with Gasteiger partial charge in [-0.2, -0.15) is 13.2 Å². The molecule has 0 saturated carbocycles. The number of hydrogen-bond acceptors (Lipinski definition) is 5. The van der Waals surface area contributed by atoms with Crippen molar-refractivity contribution in [1.82, 2.24) is 14.5 Å². The van der Waals surface area contributed by atoms with Gasteiger partial charge in [-0.25, -0.2) is 4.98 Å². The van der Waals surface area contributed by atoms with E-state index < -0.39 is 17.6 Å². The Bertz CT molecular complexity index is 1060. The van der Waals surface area contributed by atoms with Gasteiger partial charge in [-0.05, 0) is 30.3 Å². The van der Waals surface area contributed by atoms with E-state index in [0.29, 0.717) is 22.9 Å². The summed E-state index contributed by atoms with van der Waals surface area (Å²) in [6.07, 6.45) is -3.03. The lowest BCUT2D eigenvalue weighted by Gasteiger charge is -2.14. The number of aromatic nitrogens is 2. The standard InChI is InChI=1S/C18H15F3N4O3S/c19-18(20,21)11-3-4-14-13(6-11)22-17(25(14)7-12-2-1-5-28-12)23-15(26)8-24-10-29-9-16(24)27/h1-6H,7-10H2,(H,22,23,26). The average molecular weight is 424 g/mol. The smallest absolute Gasteiger partial charge is 0.416 e. The second-order valence-corrected chi connectivity index (χ2v) is 7.37. The van der Waals surface area contributed by atoms with Crippen molar-refractivity contribution in [3.8, 4) is 0 Å². The molecule has 3 aromatic rings. The number of rotatable bonds is 5. The number of thioether (sulfide) groups is 1. The Labute approximate surface area is 166 Å². The molecule has 0 aliphatic carbocycles. The SMILES string of the molecule is O=C(CN1CSCC1=O)Nc1nc2cc(C(F)(F)F)ccc2n1Cc1ccco1.